The second-order valence-electron chi connectivity index (χ2n) is 12.0. The van der Waals surface area contributed by atoms with Crippen LogP contribution in [-0.2, 0) is 23.8 Å². The summed E-state index contributed by atoms with van der Waals surface area (Å²) in [6.45, 7) is 10.1. The molecule has 0 spiro atoms. The third-order valence-electron chi connectivity index (χ3n) is 9.08. The van der Waals surface area contributed by atoms with Gasteiger partial charge in [0, 0.05) is 16.4 Å². The van der Waals surface area contributed by atoms with Gasteiger partial charge in [-0.3, -0.25) is 4.79 Å². The summed E-state index contributed by atoms with van der Waals surface area (Å²) >= 11 is 7.64. The fourth-order valence-corrected chi connectivity index (χ4v) is 7.79. The number of thiophene rings is 1. The zero-order chi connectivity index (χ0) is 29.0. The van der Waals surface area contributed by atoms with Crippen molar-refractivity contribution in [3.8, 4) is 5.75 Å². The number of carbonyl (C=O) groups excluding carboxylic acids is 1. The van der Waals surface area contributed by atoms with Crippen molar-refractivity contribution in [1.82, 2.24) is 0 Å². The average Bonchev–Trinajstić information content (AvgIpc) is 3.37. The molecular formula is C33H40ClF3O2S. The highest BCUT2D eigenvalue weighted by Gasteiger charge is 2.35. The summed E-state index contributed by atoms with van der Waals surface area (Å²) in [6.07, 6.45) is 7.82. The Morgan fingerprint density at radius 1 is 1.12 bits per heavy atom. The van der Waals surface area contributed by atoms with Gasteiger partial charge < -0.3 is 5.11 Å². The number of Topliss-reactive ketones (excluding diaryl/α,β-unsaturated/α-hetero) is 1. The van der Waals surface area contributed by atoms with E-state index in [0.29, 0.717) is 23.5 Å². The lowest BCUT2D eigenvalue weighted by Crippen LogP contribution is -2.24. The highest BCUT2D eigenvalue weighted by Crippen LogP contribution is 2.42. The van der Waals surface area contributed by atoms with Crippen LogP contribution in [0.1, 0.15) is 92.7 Å². The Morgan fingerprint density at radius 2 is 1.80 bits per heavy atom. The van der Waals surface area contributed by atoms with E-state index in [1.165, 1.54) is 43.0 Å². The van der Waals surface area contributed by atoms with Crippen LogP contribution in [0.2, 0.25) is 5.02 Å². The summed E-state index contributed by atoms with van der Waals surface area (Å²) in [4.78, 5) is 14.1. The molecule has 218 valence electrons. The second-order valence-corrected chi connectivity index (χ2v) is 13.4. The van der Waals surface area contributed by atoms with Gasteiger partial charge in [0.2, 0.25) is 0 Å². The molecule has 0 saturated heterocycles. The van der Waals surface area contributed by atoms with Crippen molar-refractivity contribution in [2.45, 2.75) is 90.1 Å². The number of carbonyl (C=O) groups is 1. The number of aromatic hydroxyl groups is 1. The maximum absolute atomic E-state index is 13.3. The maximum atomic E-state index is 13.3. The topological polar surface area (TPSA) is 37.3 Å². The van der Waals surface area contributed by atoms with Crippen LogP contribution in [0.4, 0.5) is 13.2 Å². The molecule has 2 nitrogen and oxygen atoms in total. The van der Waals surface area contributed by atoms with Crippen molar-refractivity contribution in [3.63, 3.8) is 0 Å². The smallest absolute Gasteiger partial charge is 0.420 e. The highest BCUT2D eigenvalue weighted by atomic mass is 35.5. The van der Waals surface area contributed by atoms with Crippen molar-refractivity contribution in [2.75, 3.05) is 0 Å². The first-order chi connectivity index (χ1) is 18.9. The third kappa shape index (κ3) is 7.61. The summed E-state index contributed by atoms with van der Waals surface area (Å²) in [5.74, 6) is 0.923. The van der Waals surface area contributed by atoms with E-state index >= 15 is 0 Å². The van der Waals surface area contributed by atoms with Crippen LogP contribution in [0.5, 0.6) is 5.75 Å². The van der Waals surface area contributed by atoms with E-state index in [2.05, 4.69) is 18.5 Å². The van der Waals surface area contributed by atoms with Crippen molar-refractivity contribution in [1.29, 1.82) is 0 Å². The number of phenols is 1. The van der Waals surface area contributed by atoms with Crippen LogP contribution in [0, 0.1) is 23.7 Å². The fourth-order valence-electron chi connectivity index (χ4n) is 6.56. The van der Waals surface area contributed by atoms with Gasteiger partial charge in [-0.15, -0.1) is 11.3 Å². The van der Waals surface area contributed by atoms with Crippen molar-refractivity contribution < 1.29 is 23.1 Å². The molecule has 1 aromatic heterocycles. The van der Waals surface area contributed by atoms with Gasteiger partial charge in [-0.1, -0.05) is 75.3 Å². The van der Waals surface area contributed by atoms with Gasteiger partial charge in [-0.05, 0) is 91.5 Å². The molecule has 1 saturated carbocycles. The molecular weight excluding hydrogens is 553 g/mol. The number of phenolic OH excluding ortho intramolecular Hbond substituents is 1. The third-order valence-corrected chi connectivity index (χ3v) is 10.3. The van der Waals surface area contributed by atoms with Crippen molar-refractivity contribution in [3.05, 3.63) is 68.9 Å². The van der Waals surface area contributed by atoms with Crippen LogP contribution in [0.3, 0.4) is 0 Å². The van der Waals surface area contributed by atoms with E-state index in [1.54, 1.807) is 11.3 Å². The molecule has 2 aliphatic carbocycles. The Labute approximate surface area is 245 Å². The molecule has 1 fully saturated rings. The quantitative estimate of drug-likeness (QED) is 0.160. The first kappa shape index (κ1) is 30.9. The molecule has 2 atom stereocenters. The van der Waals surface area contributed by atoms with E-state index in [4.69, 9.17) is 11.6 Å². The Hall–Kier alpha value is -2.05. The van der Waals surface area contributed by atoms with Gasteiger partial charge in [0.25, 0.3) is 0 Å². The van der Waals surface area contributed by atoms with Gasteiger partial charge in [0.1, 0.15) is 5.75 Å². The number of hydrogen-bond acceptors (Lipinski definition) is 3. The number of unbranched alkanes of at least 4 members (excludes halogenated alkanes) is 1. The molecule has 1 unspecified atom stereocenters. The molecule has 0 radical (unpaired) electrons. The molecule has 0 aliphatic heterocycles. The van der Waals surface area contributed by atoms with Crippen molar-refractivity contribution in [2.24, 2.45) is 23.7 Å². The molecule has 2 aromatic rings. The number of allylic oxidation sites excluding steroid dienone is 2. The Balaban J connectivity index is 1.17. The summed E-state index contributed by atoms with van der Waals surface area (Å²) in [6, 6.07) is 4.46. The standard InChI is InChI=1S/C33H40ClF3O2S/c1-20(2)25(16-24-17-28(33(35,36)37)32(39)29(34)18-24)7-5-4-6-22-8-10-23(11-9-22)12-13-26-19-30-27(14-15-40-30)21(3)31(26)38/h14-15,17-18,22-23,25-26,39H,1,3-13,16,19H2,2H3/t22?,23?,25-,26?/m1/s1. The molecule has 1 aromatic carbocycles. The number of alkyl halides is 3. The summed E-state index contributed by atoms with van der Waals surface area (Å²) in [5.41, 5.74) is 2.09. The fraction of sp³-hybridized carbons (Fsp3) is 0.545. The van der Waals surface area contributed by atoms with Crippen LogP contribution < -0.4 is 0 Å². The molecule has 1 heterocycles. The van der Waals surface area contributed by atoms with Crippen molar-refractivity contribution >= 4 is 34.3 Å². The molecule has 40 heavy (non-hydrogen) atoms. The van der Waals surface area contributed by atoms with E-state index in [0.717, 1.165) is 61.6 Å². The second kappa shape index (κ2) is 13.3. The molecule has 1 N–H and O–H groups in total. The Morgan fingerprint density at radius 3 is 2.45 bits per heavy atom. The van der Waals surface area contributed by atoms with E-state index in [1.807, 2.05) is 13.0 Å². The number of benzene rings is 1. The van der Waals surface area contributed by atoms with E-state index < -0.39 is 17.5 Å². The SMILES string of the molecule is C=C1C(=O)C(CCC2CCC(CCCC[C@H](Cc3cc(Cl)c(O)c(C(F)(F)F)c3)C(=C)C)CC2)Cc2sccc21. The van der Waals surface area contributed by atoms with E-state index in [-0.39, 0.29) is 22.6 Å². The lowest BCUT2D eigenvalue weighted by Gasteiger charge is -2.30. The minimum Gasteiger partial charge on any atom is -0.506 e. The van der Waals surface area contributed by atoms with E-state index in [9.17, 15) is 23.1 Å². The number of hydrogen-bond donors (Lipinski definition) is 1. The predicted octanol–water partition coefficient (Wildman–Crippen LogP) is 10.5. The number of halogens is 4. The Kier molecular flexibility index (Phi) is 10.3. The minimum atomic E-state index is -4.65. The molecule has 4 rings (SSSR count). The van der Waals surface area contributed by atoms with Gasteiger partial charge in [-0.25, -0.2) is 0 Å². The van der Waals surface area contributed by atoms with Gasteiger partial charge >= 0.3 is 6.18 Å². The molecule has 0 amide bonds. The summed E-state index contributed by atoms with van der Waals surface area (Å²) in [5, 5.41) is 11.6. The molecule has 0 bridgehead atoms. The average molecular weight is 593 g/mol. The molecule has 7 heteroatoms. The first-order valence-corrected chi connectivity index (χ1v) is 15.7. The number of fused-ring (bicyclic) bond motifs is 1. The minimum absolute atomic E-state index is 0.0706. The predicted molar refractivity (Wildman–Crippen MR) is 159 cm³/mol. The number of ketones is 1. The highest BCUT2D eigenvalue weighted by molar-refractivity contribution is 7.10. The summed E-state index contributed by atoms with van der Waals surface area (Å²) in [7, 11) is 0. The Bertz CT molecular complexity index is 1220. The monoisotopic (exact) mass is 592 g/mol. The largest absolute Gasteiger partial charge is 0.506 e. The van der Waals surface area contributed by atoms with Gasteiger partial charge in [0.05, 0.1) is 10.6 Å². The number of rotatable bonds is 11. The van der Waals surface area contributed by atoms with Crippen LogP contribution in [0.25, 0.3) is 5.57 Å². The molecule has 2 aliphatic rings. The normalized spacial score (nSPS) is 22.3. The van der Waals surface area contributed by atoms with Crippen LogP contribution >= 0.6 is 22.9 Å². The maximum Gasteiger partial charge on any atom is 0.420 e. The van der Waals surface area contributed by atoms with Crippen LogP contribution in [-0.4, -0.2) is 10.9 Å². The van der Waals surface area contributed by atoms with Gasteiger partial charge in [-0.2, -0.15) is 13.2 Å². The summed E-state index contributed by atoms with van der Waals surface area (Å²) < 4.78 is 39.9. The zero-order valence-corrected chi connectivity index (χ0v) is 24.9. The van der Waals surface area contributed by atoms with Crippen LogP contribution in [0.15, 0.2) is 42.3 Å². The van der Waals surface area contributed by atoms with Gasteiger partial charge in [0.15, 0.2) is 5.78 Å². The first-order valence-electron chi connectivity index (χ1n) is 14.5. The zero-order valence-electron chi connectivity index (χ0n) is 23.3. The lowest BCUT2D eigenvalue weighted by molar-refractivity contribution is -0.138. The lowest BCUT2D eigenvalue weighted by atomic mass is 9.75.